The second kappa shape index (κ2) is 6.14. The highest BCUT2D eigenvalue weighted by molar-refractivity contribution is 6.44. The Morgan fingerprint density at radius 1 is 1.06 bits per heavy atom. The maximum Gasteiger partial charge on any atom is 0.0653 e. The van der Waals surface area contributed by atoms with Crippen LogP contribution in [0.15, 0.2) is 12.1 Å². The second-order valence-electron chi connectivity index (χ2n) is 4.18. The largest absolute Gasteiger partial charge is 0.384 e. The molecular weight excluding hydrogens is 280 g/mol. The van der Waals surface area contributed by atoms with Gasteiger partial charge in [0, 0.05) is 19.8 Å². The number of ether oxygens (including phenoxy) is 1. The summed E-state index contributed by atoms with van der Waals surface area (Å²) < 4.78 is 5.32. The molecule has 0 radical (unpaired) electrons. The topological polar surface area (TPSA) is 21.3 Å². The van der Waals surface area contributed by atoms with E-state index in [1.54, 1.807) is 12.1 Å². The summed E-state index contributed by atoms with van der Waals surface area (Å²) in [5, 5.41) is 4.92. The molecule has 1 aliphatic rings. The summed E-state index contributed by atoms with van der Waals surface area (Å²) in [6, 6.07) is 3.43. The van der Waals surface area contributed by atoms with Gasteiger partial charge < -0.3 is 10.1 Å². The summed E-state index contributed by atoms with van der Waals surface area (Å²) in [6.45, 7) is 2.59. The van der Waals surface area contributed by atoms with Crippen LogP contribution in [0.1, 0.15) is 12.8 Å². The van der Waals surface area contributed by atoms with Crippen LogP contribution in [0.5, 0.6) is 0 Å². The van der Waals surface area contributed by atoms with Crippen molar-refractivity contribution in [1.82, 2.24) is 0 Å². The first kappa shape index (κ1) is 13.3. The molecule has 5 heteroatoms. The first-order valence-electron chi connectivity index (χ1n) is 5.63. The van der Waals surface area contributed by atoms with Gasteiger partial charge in [0.05, 0.1) is 20.8 Å². The zero-order chi connectivity index (χ0) is 12.3. The van der Waals surface area contributed by atoms with E-state index in [4.69, 9.17) is 39.5 Å². The van der Waals surface area contributed by atoms with Crippen LogP contribution in [0.4, 0.5) is 5.69 Å². The van der Waals surface area contributed by atoms with Gasteiger partial charge in [-0.2, -0.15) is 0 Å². The minimum Gasteiger partial charge on any atom is -0.384 e. The molecule has 94 valence electrons. The van der Waals surface area contributed by atoms with Gasteiger partial charge in [0.2, 0.25) is 0 Å². The molecule has 0 aliphatic carbocycles. The molecule has 0 bridgehead atoms. The molecule has 2 nitrogen and oxygen atoms in total. The van der Waals surface area contributed by atoms with Crippen molar-refractivity contribution in [1.29, 1.82) is 0 Å². The van der Waals surface area contributed by atoms with Crippen LogP contribution in [0.3, 0.4) is 0 Å². The molecule has 0 atom stereocenters. The van der Waals surface area contributed by atoms with E-state index < -0.39 is 0 Å². The summed E-state index contributed by atoms with van der Waals surface area (Å²) in [7, 11) is 0. The average molecular weight is 295 g/mol. The highest BCUT2D eigenvalue weighted by Gasteiger charge is 2.14. The number of benzene rings is 1. The third-order valence-electron chi connectivity index (χ3n) is 2.93. The van der Waals surface area contributed by atoms with E-state index in [9.17, 15) is 0 Å². The smallest absolute Gasteiger partial charge is 0.0653 e. The third kappa shape index (κ3) is 3.65. The summed E-state index contributed by atoms with van der Waals surface area (Å²) >= 11 is 17.9. The maximum atomic E-state index is 6.09. The average Bonchev–Trinajstić information content (AvgIpc) is 2.33. The van der Waals surface area contributed by atoms with Crippen LogP contribution < -0.4 is 5.32 Å². The van der Waals surface area contributed by atoms with Crippen LogP contribution in [-0.2, 0) is 4.74 Å². The summed E-state index contributed by atoms with van der Waals surface area (Å²) in [5.74, 6) is 0.634. The molecule has 0 aromatic heterocycles. The highest BCUT2D eigenvalue weighted by atomic mass is 35.5. The monoisotopic (exact) mass is 293 g/mol. The lowest BCUT2D eigenvalue weighted by atomic mass is 10.0. The van der Waals surface area contributed by atoms with Gasteiger partial charge in [-0.25, -0.2) is 0 Å². The molecule has 1 heterocycles. The van der Waals surface area contributed by atoms with Crippen molar-refractivity contribution in [3.63, 3.8) is 0 Å². The van der Waals surface area contributed by atoms with Gasteiger partial charge in [0.25, 0.3) is 0 Å². The minimum absolute atomic E-state index is 0.480. The Morgan fingerprint density at radius 3 is 2.41 bits per heavy atom. The number of anilines is 1. The van der Waals surface area contributed by atoms with E-state index in [1.807, 2.05) is 0 Å². The molecule has 0 amide bonds. The number of halogens is 3. The van der Waals surface area contributed by atoms with Crippen LogP contribution in [0, 0.1) is 5.92 Å². The van der Waals surface area contributed by atoms with Crippen molar-refractivity contribution < 1.29 is 4.74 Å². The standard InChI is InChI=1S/C12H14Cl3NO/c13-9-5-11(15)12(6-10(9)14)16-7-8-1-3-17-4-2-8/h5-6,8,16H,1-4,7H2. The predicted octanol–water partition coefficient (Wildman–Crippen LogP) is 4.49. The fraction of sp³-hybridized carbons (Fsp3) is 0.500. The zero-order valence-electron chi connectivity index (χ0n) is 9.31. The van der Waals surface area contributed by atoms with Crippen molar-refractivity contribution in [3.8, 4) is 0 Å². The lowest BCUT2D eigenvalue weighted by Gasteiger charge is -2.23. The van der Waals surface area contributed by atoms with Crippen molar-refractivity contribution in [3.05, 3.63) is 27.2 Å². The van der Waals surface area contributed by atoms with Gasteiger partial charge in [-0.1, -0.05) is 34.8 Å². The van der Waals surface area contributed by atoms with Crippen molar-refractivity contribution in [2.24, 2.45) is 5.92 Å². The van der Waals surface area contributed by atoms with E-state index in [-0.39, 0.29) is 0 Å². The van der Waals surface area contributed by atoms with Crippen molar-refractivity contribution in [2.45, 2.75) is 12.8 Å². The summed E-state index contributed by atoms with van der Waals surface area (Å²) in [4.78, 5) is 0. The molecule has 1 aromatic carbocycles. The fourth-order valence-corrected chi connectivity index (χ4v) is 2.48. The van der Waals surface area contributed by atoms with E-state index in [1.165, 1.54) is 0 Å². The minimum atomic E-state index is 0.480. The Hall–Kier alpha value is -0.150. The molecule has 1 N–H and O–H groups in total. The molecule has 2 rings (SSSR count). The summed E-state index contributed by atoms with van der Waals surface area (Å²) in [5.41, 5.74) is 0.840. The van der Waals surface area contributed by atoms with E-state index in [0.717, 1.165) is 38.3 Å². The molecule has 1 aromatic rings. The summed E-state index contributed by atoms with van der Waals surface area (Å²) in [6.07, 6.45) is 2.18. The molecule has 1 aliphatic heterocycles. The van der Waals surface area contributed by atoms with E-state index >= 15 is 0 Å². The van der Waals surface area contributed by atoms with Gasteiger partial charge in [0.1, 0.15) is 0 Å². The molecule has 0 saturated carbocycles. The third-order valence-corrected chi connectivity index (χ3v) is 3.97. The first-order valence-corrected chi connectivity index (χ1v) is 6.76. The normalized spacial score (nSPS) is 17.1. The Morgan fingerprint density at radius 2 is 1.71 bits per heavy atom. The van der Waals surface area contributed by atoms with Gasteiger partial charge in [-0.15, -0.1) is 0 Å². The maximum absolute atomic E-state index is 6.09. The zero-order valence-corrected chi connectivity index (χ0v) is 11.6. The van der Waals surface area contributed by atoms with Crippen molar-refractivity contribution in [2.75, 3.05) is 25.1 Å². The number of hydrogen-bond acceptors (Lipinski definition) is 2. The van der Waals surface area contributed by atoms with Crippen LogP contribution in [-0.4, -0.2) is 19.8 Å². The molecule has 0 spiro atoms. The quantitative estimate of drug-likeness (QED) is 0.830. The van der Waals surface area contributed by atoms with Crippen LogP contribution in [0.2, 0.25) is 15.1 Å². The molecule has 1 saturated heterocycles. The Balaban J connectivity index is 1.96. The van der Waals surface area contributed by atoms with Crippen molar-refractivity contribution >= 4 is 40.5 Å². The molecule has 0 unspecified atom stereocenters. The molecule has 1 fully saturated rings. The van der Waals surface area contributed by atoms with Crippen LogP contribution in [0.25, 0.3) is 0 Å². The molecular formula is C12H14Cl3NO. The van der Waals surface area contributed by atoms with E-state index in [2.05, 4.69) is 5.32 Å². The predicted molar refractivity (Wildman–Crippen MR) is 73.5 cm³/mol. The lowest BCUT2D eigenvalue weighted by Crippen LogP contribution is -2.22. The number of hydrogen-bond donors (Lipinski definition) is 1. The lowest BCUT2D eigenvalue weighted by molar-refractivity contribution is 0.0699. The number of nitrogens with one attached hydrogen (secondary N) is 1. The fourth-order valence-electron chi connectivity index (χ4n) is 1.86. The Bertz CT molecular complexity index is 392. The number of rotatable bonds is 3. The van der Waals surface area contributed by atoms with Gasteiger partial charge in [0.15, 0.2) is 0 Å². The van der Waals surface area contributed by atoms with Gasteiger partial charge in [-0.05, 0) is 30.9 Å². The first-order chi connectivity index (χ1) is 8.16. The van der Waals surface area contributed by atoms with Gasteiger partial charge >= 0.3 is 0 Å². The Labute approximate surface area is 116 Å². The SMILES string of the molecule is Clc1cc(Cl)c(NCC2CCOCC2)cc1Cl. The van der Waals surface area contributed by atoms with Crippen LogP contribution >= 0.6 is 34.8 Å². The Kier molecular flexibility index (Phi) is 4.80. The van der Waals surface area contributed by atoms with E-state index in [0.29, 0.717) is 21.0 Å². The highest BCUT2D eigenvalue weighted by Crippen LogP contribution is 2.32. The van der Waals surface area contributed by atoms with Gasteiger partial charge in [-0.3, -0.25) is 0 Å². The second-order valence-corrected chi connectivity index (χ2v) is 5.40. The molecule has 17 heavy (non-hydrogen) atoms.